The van der Waals surface area contributed by atoms with Gasteiger partial charge in [0.1, 0.15) is 0 Å². The van der Waals surface area contributed by atoms with Crippen LogP contribution in [-0.2, 0) is 0 Å². The van der Waals surface area contributed by atoms with Crippen LogP contribution in [0.2, 0.25) is 0 Å². The van der Waals surface area contributed by atoms with Crippen molar-refractivity contribution in [2.75, 3.05) is 20.1 Å². The molecule has 2 aliphatic carbocycles. The third kappa shape index (κ3) is 4.46. The Morgan fingerprint density at radius 2 is 1.95 bits per heavy atom. The zero-order chi connectivity index (χ0) is 14.8. The van der Waals surface area contributed by atoms with Gasteiger partial charge in [-0.25, -0.2) is 0 Å². The fourth-order valence-corrected chi connectivity index (χ4v) is 4.35. The highest BCUT2D eigenvalue weighted by atomic mass is 15.2. The van der Waals surface area contributed by atoms with E-state index in [0.29, 0.717) is 6.04 Å². The van der Waals surface area contributed by atoms with Crippen molar-refractivity contribution in [1.82, 2.24) is 10.2 Å². The molecule has 0 spiro atoms. The predicted octanol–water partition coefficient (Wildman–Crippen LogP) is 3.91. The van der Waals surface area contributed by atoms with E-state index in [2.05, 4.69) is 45.0 Å². The van der Waals surface area contributed by atoms with Crippen LogP contribution in [0.1, 0.15) is 66.2 Å². The largest absolute Gasteiger partial charge is 0.311 e. The van der Waals surface area contributed by atoms with Crippen molar-refractivity contribution in [3.8, 4) is 0 Å². The minimum atomic E-state index is 0.235. The summed E-state index contributed by atoms with van der Waals surface area (Å²) in [5.74, 6) is 3.13. The summed E-state index contributed by atoms with van der Waals surface area (Å²) in [6.45, 7) is 11.6. The lowest BCUT2D eigenvalue weighted by atomic mass is 9.88. The molecular weight excluding hydrogens is 244 g/mol. The number of likely N-dealkylation sites (N-methyl/N-ethyl adjacent to an activating group) is 1. The molecule has 2 aliphatic rings. The van der Waals surface area contributed by atoms with E-state index >= 15 is 0 Å². The first-order chi connectivity index (χ1) is 9.39. The Morgan fingerprint density at radius 1 is 1.20 bits per heavy atom. The summed E-state index contributed by atoms with van der Waals surface area (Å²) >= 11 is 0. The lowest BCUT2D eigenvalue weighted by Gasteiger charge is -2.35. The van der Waals surface area contributed by atoms with Gasteiger partial charge in [0.05, 0.1) is 0 Å². The molecule has 0 aromatic carbocycles. The lowest BCUT2D eigenvalue weighted by molar-refractivity contribution is 0.156. The SMILES string of the molecule is CCCC(CNC(C)(C)C)N(C)CC1CC2CCC1C2. The molecule has 4 unspecified atom stereocenters. The monoisotopic (exact) mass is 280 g/mol. The quantitative estimate of drug-likeness (QED) is 0.760. The average Bonchev–Trinajstić information content (AvgIpc) is 2.95. The molecule has 4 atom stereocenters. The maximum Gasteiger partial charge on any atom is 0.0217 e. The standard InChI is InChI=1S/C18H36N2/c1-6-7-17(12-19-18(2,3)4)20(5)13-16-11-14-8-9-15(16)10-14/h14-17,19H,6-13H2,1-5H3. The van der Waals surface area contributed by atoms with Crippen molar-refractivity contribution >= 4 is 0 Å². The van der Waals surface area contributed by atoms with Gasteiger partial charge in [-0.3, -0.25) is 0 Å². The highest BCUT2D eigenvalue weighted by molar-refractivity contribution is 4.92. The average molecular weight is 280 g/mol. The Balaban J connectivity index is 1.81. The smallest absolute Gasteiger partial charge is 0.0217 e. The fraction of sp³-hybridized carbons (Fsp3) is 1.00. The normalized spacial score (nSPS) is 31.2. The van der Waals surface area contributed by atoms with Gasteiger partial charge in [0, 0.05) is 24.7 Å². The minimum Gasteiger partial charge on any atom is -0.311 e. The topological polar surface area (TPSA) is 15.3 Å². The van der Waals surface area contributed by atoms with Crippen LogP contribution in [0.4, 0.5) is 0 Å². The van der Waals surface area contributed by atoms with Gasteiger partial charge in [0.2, 0.25) is 0 Å². The van der Waals surface area contributed by atoms with E-state index in [1.807, 2.05) is 0 Å². The minimum absolute atomic E-state index is 0.235. The Kier molecular flexibility index (Phi) is 5.53. The lowest BCUT2D eigenvalue weighted by Crippen LogP contribution is -2.47. The van der Waals surface area contributed by atoms with Crippen molar-refractivity contribution in [3.63, 3.8) is 0 Å². The number of nitrogens with zero attached hydrogens (tertiary/aromatic N) is 1. The van der Waals surface area contributed by atoms with E-state index < -0.39 is 0 Å². The molecule has 20 heavy (non-hydrogen) atoms. The first-order valence-electron chi connectivity index (χ1n) is 8.84. The van der Waals surface area contributed by atoms with Crippen LogP contribution in [0.25, 0.3) is 0 Å². The molecule has 0 heterocycles. The number of nitrogens with one attached hydrogen (secondary N) is 1. The highest BCUT2D eigenvalue weighted by Crippen LogP contribution is 2.48. The summed E-state index contributed by atoms with van der Waals surface area (Å²) in [6.07, 6.45) is 8.70. The molecule has 2 heteroatoms. The number of rotatable bonds is 7. The zero-order valence-corrected chi connectivity index (χ0v) is 14.4. The van der Waals surface area contributed by atoms with E-state index in [0.717, 1.165) is 24.3 Å². The second-order valence-electron chi connectivity index (χ2n) is 8.45. The number of hydrogen-bond donors (Lipinski definition) is 1. The molecule has 118 valence electrons. The van der Waals surface area contributed by atoms with Gasteiger partial charge in [-0.15, -0.1) is 0 Å². The summed E-state index contributed by atoms with van der Waals surface area (Å²) in [5, 5.41) is 3.70. The summed E-state index contributed by atoms with van der Waals surface area (Å²) in [6, 6.07) is 0.707. The van der Waals surface area contributed by atoms with Gasteiger partial charge in [-0.2, -0.15) is 0 Å². The third-order valence-corrected chi connectivity index (χ3v) is 5.52. The molecule has 2 rings (SSSR count). The Morgan fingerprint density at radius 3 is 2.45 bits per heavy atom. The molecular formula is C18H36N2. The molecule has 0 radical (unpaired) electrons. The van der Waals surface area contributed by atoms with Gasteiger partial charge in [0.15, 0.2) is 0 Å². The summed E-state index contributed by atoms with van der Waals surface area (Å²) < 4.78 is 0. The number of hydrogen-bond acceptors (Lipinski definition) is 2. The van der Waals surface area contributed by atoms with Crippen LogP contribution < -0.4 is 5.32 Å². The molecule has 2 saturated carbocycles. The molecule has 2 nitrogen and oxygen atoms in total. The fourth-order valence-electron chi connectivity index (χ4n) is 4.35. The van der Waals surface area contributed by atoms with Gasteiger partial charge in [-0.05, 0) is 71.3 Å². The molecule has 0 aliphatic heterocycles. The van der Waals surface area contributed by atoms with Crippen molar-refractivity contribution < 1.29 is 0 Å². The van der Waals surface area contributed by atoms with E-state index in [-0.39, 0.29) is 5.54 Å². The molecule has 1 N–H and O–H groups in total. The van der Waals surface area contributed by atoms with E-state index in [1.165, 1.54) is 45.1 Å². The second kappa shape index (κ2) is 6.79. The van der Waals surface area contributed by atoms with Gasteiger partial charge in [-0.1, -0.05) is 19.8 Å². The van der Waals surface area contributed by atoms with Crippen LogP contribution in [0, 0.1) is 17.8 Å². The zero-order valence-electron chi connectivity index (χ0n) is 14.4. The molecule has 2 fully saturated rings. The second-order valence-corrected chi connectivity index (χ2v) is 8.45. The maximum absolute atomic E-state index is 3.70. The molecule has 0 aromatic rings. The van der Waals surface area contributed by atoms with Crippen molar-refractivity contribution in [3.05, 3.63) is 0 Å². The van der Waals surface area contributed by atoms with Crippen LogP contribution in [0.15, 0.2) is 0 Å². The predicted molar refractivity (Wildman–Crippen MR) is 88.0 cm³/mol. The van der Waals surface area contributed by atoms with Crippen molar-refractivity contribution in [2.24, 2.45) is 17.8 Å². The summed E-state index contributed by atoms with van der Waals surface area (Å²) in [5.41, 5.74) is 0.235. The Hall–Kier alpha value is -0.0800. The Labute approximate surface area is 126 Å². The first-order valence-corrected chi connectivity index (χ1v) is 8.84. The van der Waals surface area contributed by atoms with Gasteiger partial charge < -0.3 is 10.2 Å². The summed E-state index contributed by atoms with van der Waals surface area (Å²) in [7, 11) is 2.36. The molecule has 0 saturated heterocycles. The molecule has 0 amide bonds. The first kappa shape index (κ1) is 16.3. The molecule has 2 bridgehead atoms. The Bertz CT molecular complexity index is 294. The maximum atomic E-state index is 3.70. The third-order valence-electron chi connectivity index (χ3n) is 5.52. The molecule has 0 aromatic heterocycles. The van der Waals surface area contributed by atoms with Gasteiger partial charge in [0.25, 0.3) is 0 Å². The van der Waals surface area contributed by atoms with Crippen LogP contribution >= 0.6 is 0 Å². The van der Waals surface area contributed by atoms with E-state index in [1.54, 1.807) is 0 Å². The van der Waals surface area contributed by atoms with Crippen LogP contribution in [0.3, 0.4) is 0 Å². The highest BCUT2D eigenvalue weighted by Gasteiger charge is 2.40. The van der Waals surface area contributed by atoms with Crippen LogP contribution in [-0.4, -0.2) is 36.6 Å². The van der Waals surface area contributed by atoms with Crippen molar-refractivity contribution in [1.29, 1.82) is 0 Å². The van der Waals surface area contributed by atoms with Crippen molar-refractivity contribution in [2.45, 2.75) is 77.8 Å². The number of fused-ring (bicyclic) bond motifs is 2. The summed E-state index contributed by atoms with van der Waals surface area (Å²) in [4.78, 5) is 2.66. The van der Waals surface area contributed by atoms with E-state index in [9.17, 15) is 0 Å². The van der Waals surface area contributed by atoms with E-state index in [4.69, 9.17) is 0 Å². The van der Waals surface area contributed by atoms with Crippen LogP contribution in [0.5, 0.6) is 0 Å². The van der Waals surface area contributed by atoms with Gasteiger partial charge >= 0.3 is 0 Å².